The van der Waals surface area contributed by atoms with Crippen LogP contribution < -0.4 is 15.6 Å². The molecule has 2 aromatic carbocycles. The van der Waals surface area contributed by atoms with Crippen molar-refractivity contribution in [2.24, 2.45) is 0 Å². The third kappa shape index (κ3) is 5.75. The molecule has 0 atom stereocenters. The summed E-state index contributed by atoms with van der Waals surface area (Å²) in [6, 6.07) is 10.3. The van der Waals surface area contributed by atoms with Gasteiger partial charge in [-0.2, -0.15) is 13.1 Å². The number of carbonyl (C=O) groups is 2. The van der Waals surface area contributed by atoms with Gasteiger partial charge < -0.3 is 9.47 Å². The summed E-state index contributed by atoms with van der Waals surface area (Å²) in [6.45, 7) is -1.96. The molecule has 0 unspecified atom stereocenters. The number of carbonyl (C=O) groups excluding carboxylic acids is 2. The highest BCUT2D eigenvalue weighted by atomic mass is 32.2. The number of hydrogen-bond donors (Lipinski definition) is 2. The van der Waals surface area contributed by atoms with E-state index in [2.05, 4.69) is 15.6 Å². The Kier molecular flexibility index (Phi) is 7.15. The van der Waals surface area contributed by atoms with Crippen molar-refractivity contribution in [2.45, 2.75) is 11.5 Å². The highest BCUT2D eigenvalue weighted by Crippen LogP contribution is 2.18. The molecule has 1 saturated heterocycles. The Morgan fingerprint density at radius 2 is 1.58 bits per heavy atom. The predicted molar refractivity (Wildman–Crippen MR) is 104 cm³/mol. The first kappa shape index (κ1) is 22.6. The van der Waals surface area contributed by atoms with E-state index in [9.17, 15) is 26.8 Å². The molecule has 12 heteroatoms. The van der Waals surface area contributed by atoms with Gasteiger partial charge in [-0.05, 0) is 42.5 Å². The van der Waals surface area contributed by atoms with Crippen LogP contribution in [-0.4, -0.2) is 57.5 Å². The quantitative estimate of drug-likeness (QED) is 0.637. The van der Waals surface area contributed by atoms with Crippen molar-refractivity contribution in [3.8, 4) is 5.75 Å². The molecule has 2 aromatic rings. The SMILES string of the molecule is O=C(NNC(=O)c1cccc(S(=O)(=O)N2CCOCC2)c1)c1ccc(OC(F)F)cc1. The highest BCUT2D eigenvalue weighted by molar-refractivity contribution is 7.89. The van der Waals surface area contributed by atoms with Gasteiger partial charge in [-0.3, -0.25) is 20.4 Å². The van der Waals surface area contributed by atoms with Crippen molar-refractivity contribution in [1.82, 2.24) is 15.2 Å². The van der Waals surface area contributed by atoms with Crippen LogP contribution in [0.15, 0.2) is 53.4 Å². The summed E-state index contributed by atoms with van der Waals surface area (Å²) < 4.78 is 60.4. The number of hydrogen-bond acceptors (Lipinski definition) is 6. The van der Waals surface area contributed by atoms with Gasteiger partial charge in [-0.1, -0.05) is 6.07 Å². The Morgan fingerprint density at radius 3 is 2.19 bits per heavy atom. The van der Waals surface area contributed by atoms with Gasteiger partial charge in [0.25, 0.3) is 11.8 Å². The van der Waals surface area contributed by atoms with E-state index in [4.69, 9.17) is 4.74 Å². The average molecular weight is 455 g/mol. The Labute approximate surface area is 177 Å². The Morgan fingerprint density at radius 1 is 0.968 bits per heavy atom. The van der Waals surface area contributed by atoms with E-state index in [1.165, 1.54) is 52.8 Å². The van der Waals surface area contributed by atoms with Crippen LogP contribution in [0.5, 0.6) is 5.75 Å². The normalized spacial score (nSPS) is 14.8. The molecule has 0 aliphatic carbocycles. The Hall–Kier alpha value is -3.09. The maximum atomic E-state index is 12.7. The van der Waals surface area contributed by atoms with Crippen molar-refractivity contribution in [3.05, 3.63) is 59.7 Å². The summed E-state index contributed by atoms with van der Waals surface area (Å²) >= 11 is 0. The summed E-state index contributed by atoms with van der Waals surface area (Å²) in [6.07, 6.45) is 0. The van der Waals surface area contributed by atoms with Crippen molar-refractivity contribution in [2.75, 3.05) is 26.3 Å². The molecule has 2 N–H and O–H groups in total. The molecule has 0 bridgehead atoms. The summed E-state index contributed by atoms with van der Waals surface area (Å²) in [4.78, 5) is 24.4. The maximum Gasteiger partial charge on any atom is 0.387 e. The largest absolute Gasteiger partial charge is 0.435 e. The first-order valence-corrected chi connectivity index (χ1v) is 10.5. The van der Waals surface area contributed by atoms with E-state index < -0.39 is 28.4 Å². The molecule has 1 aliphatic rings. The number of nitrogens with zero attached hydrogens (tertiary/aromatic N) is 1. The number of alkyl halides is 2. The zero-order valence-corrected chi connectivity index (χ0v) is 16.9. The lowest BCUT2D eigenvalue weighted by Crippen LogP contribution is -2.42. The maximum absolute atomic E-state index is 12.7. The number of rotatable bonds is 6. The minimum Gasteiger partial charge on any atom is -0.435 e. The third-order valence-electron chi connectivity index (χ3n) is 4.34. The molecule has 31 heavy (non-hydrogen) atoms. The second kappa shape index (κ2) is 9.81. The molecule has 2 amide bonds. The number of morpholine rings is 1. The number of benzene rings is 2. The van der Waals surface area contributed by atoms with Crippen LogP contribution in [0, 0.1) is 0 Å². The standard InChI is InChI=1S/C19H19F2N3O6S/c20-19(21)30-15-6-4-13(5-7-15)17(25)22-23-18(26)14-2-1-3-16(12-14)31(27,28)24-8-10-29-11-9-24/h1-7,12,19H,8-11H2,(H,22,25)(H,23,26). The number of nitrogens with one attached hydrogen (secondary N) is 2. The van der Waals surface area contributed by atoms with Gasteiger partial charge in [0.1, 0.15) is 5.75 Å². The molecule has 0 saturated carbocycles. The second-order valence-electron chi connectivity index (χ2n) is 6.36. The van der Waals surface area contributed by atoms with E-state index in [1.54, 1.807) is 0 Å². The summed E-state index contributed by atoms with van der Waals surface area (Å²) in [5, 5.41) is 0. The van der Waals surface area contributed by atoms with Gasteiger partial charge in [-0.25, -0.2) is 8.42 Å². The first-order chi connectivity index (χ1) is 14.8. The summed E-state index contributed by atoms with van der Waals surface area (Å²) in [5.74, 6) is -1.55. The van der Waals surface area contributed by atoms with E-state index >= 15 is 0 Å². The van der Waals surface area contributed by atoms with Gasteiger partial charge >= 0.3 is 6.61 Å². The van der Waals surface area contributed by atoms with Gasteiger partial charge in [0, 0.05) is 24.2 Å². The van der Waals surface area contributed by atoms with E-state index in [1.807, 2.05) is 0 Å². The lowest BCUT2D eigenvalue weighted by molar-refractivity contribution is -0.0498. The monoisotopic (exact) mass is 455 g/mol. The zero-order chi connectivity index (χ0) is 22.4. The molecule has 1 aliphatic heterocycles. The molecule has 3 rings (SSSR count). The fourth-order valence-corrected chi connectivity index (χ4v) is 4.23. The van der Waals surface area contributed by atoms with Gasteiger partial charge in [0.05, 0.1) is 18.1 Å². The molecule has 0 radical (unpaired) electrons. The number of ether oxygens (including phenoxy) is 2. The van der Waals surface area contributed by atoms with Crippen LogP contribution in [-0.2, 0) is 14.8 Å². The fraction of sp³-hybridized carbons (Fsp3) is 0.263. The van der Waals surface area contributed by atoms with Crippen molar-refractivity contribution in [3.63, 3.8) is 0 Å². The number of amides is 2. The first-order valence-electron chi connectivity index (χ1n) is 9.11. The van der Waals surface area contributed by atoms with Gasteiger partial charge in [-0.15, -0.1) is 0 Å². The van der Waals surface area contributed by atoms with Crippen LogP contribution in [0.25, 0.3) is 0 Å². The number of halogens is 2. The molecular weight excluding hydrogens is 436 g/mol. The van der Waals surface area contributed by atoms with Gasteiger partial charge in [0.2, 0.25) is 10.0 Å². The zero-order valence-electron chi connectivity index (χ0n) is 16.1. The topological polar surface area (TPSA) is 114 Å². The van der Waals surface area contributed by atoms with Crippen molar-refractivity contribution in [1.29, 1.82) is 0 Å². The second-order valence-corrected chi connectivity index (χ2v) is 8.29. The van der Waals surface area contributed by atoms with Crippen LogP contribution in [0.4, 0.5) is 8.78 Å². The Balaban J connectivity index is 1.63. The molecule has 1 fully saturated rings. The van der Waals surface area contributed by atoms with Crippen LogP contribution in [0.3, 0.4) is 0 Å². The average Bonchev–Trinajstić information content (AvgIpc) is 2.78. The van der Waals surface area contributed by atoms with Crippen LogP contribution in [0.1, 0.15) is 20.7 Å². The van der Waals surface area contributed by atoms with Gasteiger partial charge in [0.15, 0.2) is 0 Å². The Bertz CT molecular complexity index is 1040. The number of hydrazine groups is 1. The van der Waals surface area contributed by atoms with Crippen LogP contribution in [0.2, 0.25) is 0 Å². The molecular formula is C19H19F2N3O6S. The minimum atomic E-state index is -3.78. The molecule has 0 spiro atoms. The van der Waals surface area contributed by atoms with Crippen molar-refractivity contribution < 1.29 is 36.3 Å². The smallest absolute Gasteiger partial charge is 0.387 e. The van der Waals surface area contributed by atoms with E-state index in [-0.39, 0.29) is 34.9 Å². The third-order valence-corrected chi connectivity index (χ3v) is 6.23. The molecule has 1 heterocycles. The predicted octanol–water partition coefficient (Wildman–Crippen LogP) is 1.38. The van der Waals surface area contributed by atoms with E-state index in [0.717, 1.165) is 0 Å². The van der Waals surface area contributed by atoms with Crippen molar-refractivity contribution >= 4 is 21.8 Å². The highest BCUT2D eigenvalue weighted by Gasteiger charge is 2.27. The molecule has 166 valence electrons. The molecule has 0 aromatic heterocycles. The van der Waals surface area contributed by atoms with Crippen LogP contribution >= 0.6 is 0 Å². The van der Waals surface area contributed by atoms with E-state index in [0.29, 0.717) is 13.2 Å². The fourth-order valence-electron chi connectivity index (χ4n) is 2.78. The number of sulfonamides is 1. The summed E-state index contributed by atoms with van der Waals surface area (Å²) in [5.41, 5.74) is 4.47. The summed E-state index contributed by atoms with van der Waals surface area (Å²) in [7, 11) is -3.78. The lowest BCUT2D eigenvalue weighted by Gasteiger charge is -2.26. The minimum absolute atomic E-state index is 0.0234. The lowest BCUT2D eigenvalue weighted by atomic mass is 10.2. The molecule has 9 nitrogen and oxygen atoms in total.